The van der Waals surface area contributed by atoms with Gasteiger partial charge >= 0.3 is 0 Å². The molecule has 0 aliphatic carbocycles. The molecule has 4 rings (SSSR count). The van der Waals surface area contributed by atoms with Crippen LogP contribution in [0, 0.1) is 13.8 Å². The summed E-state index contributed by atoms with van der Waals surface area (Å²) in [5, 5.41) is 4.49. The molecule has 4 aromatic rings. The Hall–Kier alpha value is -3.02. The zero-order chi connectivity index (χ0) is 19.9. The average molecular weight is 389 g/mol. The molecule has 0 aliphatic rings. The molecular weight excluding hydrogens is 370 g/mol. The highest BCUT2D eigenvalue weighted by Crippen LogP contribution is 2.30. The van der Waals surface area contributed by atoms with Crippen LogP contribution < -0.4 is 0 Å². The van der Waals surface area contributed by atoms with Gasteiger partial charge in [-0.15, -0.1) is 0 Å². The first-order valence-corrected chi connectivity index (χ1v) is 10.3. The van der Waals surface area contributed by atoms with Crippen LogP contribution in [-0.2, 0) is 10.1 Å². The predicted octanol–water partition coefficient (Wildman–Crippen LogP) is 5.61. The van der Waals surface area contributed by atoms with E-state index < -0.39 is 10.1 Å². The summed E-state index contributed by atoms with van der Waals surface area (Å²) < 4.78 is 32.2. The first-order valence-electron chi connectivity index (χ1n) is 8.88. The SMILES string of the molecule is Cc1cc(S(=O)(=O)O)cc(C)c1N=Cc1c2ccccc2cc2ccccc12. The molecule has 0 spiro atoms. The first kappa shape index (κ1) is 18.3. The number of aryl methyl sites for hydroxylation is 2. The molecule has 0 radical (unpaired) electrons. The van der Waals surface area contributed by atoms with Gasteiger partial charge in [0.15, 0.2) is 0 Å². The second-order valence-corrected chi connectivity index (χ2v) is 8.29. The molecule has 140 valence electrons. The van der Waals surface area contributed by atoms with Crippen molar-refractivity contribution in [2.45, 2.75) is 18.7 Å². The third-order valence-corrected chi connectivity index (χ3v) is 5.73. The van der Waals surface area contributed by atoms with Crippen LogP contribution in [0.1, 0.15) is 16.7 Å². The summed E-state index contributed by atoms with van der Waals surface area (Å²) in [6.07, 6.45) is 1.84. The second-order valence-electron chi connectivity index (χ2n) is 6.87. The third-order valence-electron chi connectivity index (χ3n) is 4.90. The van der Waals surface area contributed by atoms with Gasteiger partial charge in [-0.1, -0.05) is 48.5 Å². The summed E-state index contributed by atoms with van der Waals surface area (Å²) in [7, 11) is -4.24. The summed E-state index contributed by atoms with van der Waals surface area (Å²) in [4.78, 5) is 4.58. The lowest BCUT2D eigenvalue weighted by Crippen LogP contribution is -1.99. The number of aliphatic imine (C=N–C) groups is 1. The molecule has 0 aliphatic heterocycles. The van der Waals surface area contributed by atoms with E-state index in [9.17, 15) is 13.0 Å². The summed E-state index contributed by atoms with van der Waals surface area (Å²) in [5.41, 5.74) is 3.10. The van der Waals surface area contributed by atoms with Crippen molar-refractivity contribution in [3.05, 3.63) is 83.4 Å². The Morgan fingerprint density at radius 3 is 1.82 bits per heavy atom. The van der Waals surface area contributed by atoms with E-state index in [2.05, 4.69) is 30.3 Å². The van der Waals surface area contributed by atoms with Crippen molar-refractivity contribution in [2.24, 2.45) is 4.99 Å². The topological polar surface area (TPSA) is 66.7 Å². The van der Waals surface area contributed by atoms with Crippen molar-refractivity contribution in [1.82, 2.24) is 0 Å². The fourth-order valence-electron chi connectivity index (χ4n) is 3.59. The Labute approximate surface area is 163 Å². The number of hydrogen-bond acceptors (Lipinski definition) is 3. The smallest absolute Gasteiger partial charge is 0.282 e. The molecule has 4 nitrogen and oxygen atoms in total. The maximum atomic E-state index is 11.4. The Kier molecular flexibility index (Phi) is 4.49. The van der Waals surface area contributed by atoms with Crippen molar-refractivity contribution in [3.8, 4) is 0 Å². The van der Waals surface area contributed by atoms with Gasteiger partial charge in [0.25, 0.3) is 10.1 Å². The molecule has 28 heavy (non-hydrogen) atoms. The van der Waals surface area contributed by atoms with Crippen molar-refractivity contribution >= 4 is 43.6 Å². The summed E-state index contributed by atoms with van der Waals surface area (Å²) in [6.45, 7) is 3.57. The fraction of sp³-hybridized carbons (Fsp3) is 0.0870. The summed E-state index contributed by atoms with van der Waals surface area (Å²) >= 11 is 0. The van der Waals surface area contributed by atoms with E-state index in [1.807, 2.05) is 30.5 Å². The van der Waals surface area contributed by atoms with Crippen LogP contribution >= 0.6 is 0 Å². The van der Waals surface area contributed by atoms with E-state index in [4.69, 9.17) is 4.99 Å². The number of fused-ring (bicyclic) bond motifs is 2. The Balaban J connectivity index is 1.92. The number of benzene rings is 4. The van der Waals surface area contributed by atoms with Crippen molar-refractivity contribution in [1.29, 1.82) is 0 Å². The van der Waals surface area contributed by atoms with Gasteiger partial charge in [0.1, 0.15) is 0 Å². The molecule has 0 unspecified atom stereocenters. The highest BCUT2D eigenvalue weighted by Gasteiger charge is 2.13. The highest BCUT2D eigenvalue weighted by molar-refractivity contribution is 7.85. The molecule has 4 aromatic carbocycles. The zero-order valence-corrected chi connectivity index (χ0v) is 16.4. The molecule has 0 bridgehead atoms. The Morgan fingerprint density at radius 2 is 1.32 bits per heavy atom. The molecule has 0 saturated carbocycles. The third kappa shape index (κ3) is 3.30. The maximum Gasteiger partial charge on any atom is 0.294 e. The minimum Gasteiger partial charge on any atom is -0.282 e. The van der Waals surface area contributed by atoms with Gasteiger partial charge in [-0.25, -0.2) is 0 Å². The lowest BCUT2D eigenvalue weighted by atomic mass is 9.97. The van der Waals surface area contributed by atoms with Crippen molar-refractivity contribution < 1.29 is 13.0 Å². The van der Waals surface area contributed by atoms with Crippen LogP contribution in [0.2, 0.25) is 0 Å². The first-order chi connectivity index (χ1) is 13.3. The summed E-state index contributed by atoms with van der Waals surface area (Å²) in [5.74, 6) is 0. The number of hydrogen-bond donors (Lipinski definition) is 1. The molecule has 0 fully saturated rings. The lowest BCUT2D eigenvalue weighted by molar-refractivity contribution is 0.483. The van der Waals surface area contributed by atoms with Gasteiger partial charge in [0.05, 0.1) is 10.6 Å². The van der Waals surface area contributed by atoms with Crippen LogP contribution in [0.5, 0.6) is 0 Å². The zero-order valence-electron chi connectivity index (χ0n) is 15.5. The van der Waals surface area contributed by atoms with Gasteiger partial charge < -0.3 is 0 Å². The van der Waals surface area contributed by atoms with Gasteiger partial charge in [0, 0.05) is 11.8 Å². The van der Waals surface area contributed by atoms with Gasteiger partial charge in [-0.05, 0) is 64.7 Å². The van der Waals surface area contributed by atoms with E-state index in [1.54, 1.807) is 13.8 Å². The lowest BCUT2D eigenvalue weighted by Gasteiger charge is -2.10. The Morgan fingerprint density at radius 1 is 0.821 bits per heavy atom. The standard InChI is InChI=1S/C23H19NO3S/c1-15-11-19(28(25,26)27)12-16(2)23(15)24-14-22-20-9-5-3-7-17(20)13-18-8-4-6-10-21(18)22/h3-14H,1-2H3,(H,25,26,27). The molecule has 1 N–H and O–H groups in total. The van der Waals surface area contributed by atoms with Gasteiger partial charge in [0.2, 0.25) is 0 Å². The van der Waals surface area contributed by atoms with Crippen LogP contribution in [-0.4, -0.2) is 19.2 Å². The average Bonchev–Trinajstić information content (AvgIpc) is 2.65. The minimum atomic E-state index is -4.24. The molecule has 0 amide bonds. The number of nitrogens with zero attached hydrogens (tertiary/aromatic N) is 1. The largest absolute Gasteiger partial charge is 0.294 e. The summed E-state index contributed by atoms with van der Waals surface area (Å²) in [6, 6.07) is 21.4. The molecule has 5 heteroatoms. The monoisotopic (exact) mass is 389 g/mol. The second kappa shape index (κ2) is 6.86. The van der Waals surface area contributed by atoms with E-state index in [0.29, 0.717) is 16.8 Å². The highest BCUT2D eigenvalue weighted by atomic mass is 32.2. The van der Waals surface area contributed by atoms with Crippen LogP contribution in [0.25, 0.3) is 21.5 Å². The van der Waals surface area contributed by atoms with Crippen molar-refractivity contribution in [2.75, 3.05) is 0 Å². The van der Waals surface area contributed by atoms with E-state index in [-0.39, 0.29) is 4.90 Å². The molecule has 0 heterocycles. The van der Waals surface area contributed by atoms with Crippen LogP contribution in [0.15, 0.2) is 76.6 Å². The van der Waals surface area contributed by atoms with Gasteiger partial charge in [-0.3, -0.25) is 9.55 Å². The fourth-order valence-corrected chi connectivity index (χ4v) is 4.24. The quantitative estimate of drug-likeness (QED) is 0.281. The number of rotatable bonds is 3. The van der Waals surface area contributed by atoms with E-state index in [1.165, 1.54) is 12.1 Å². The van der Waals surface area contributed by atoms with Crippen molar-refractivity contribution in [3.63, 3.8) is 0 Å². The van der Waals surface area contributed by atoms with E-state index >= 15 is 0 Å². The van der Waals surface area contributed by atoms with Crippen LogP contribution in [0.3, 0.4) is 0 Å². The van der Waals surface area contributed by atoms with E-state index in [0.717, 1.165) is 27.1 Å². The minimum absolute atomic E-state index is 0.114. The maximum absolute atomic E-state index is 11.4. The molecule has 0 saturated heterocycles. The normalized spacial score (nSPS) is 12.2. The van der Waals surface area contributed by atoms with Crippen LogP contribution in [0.4, 0.5) is 5.69 Å². The Bertz CT molecular complexity index is 1280. The molecule has 0 aromatic heterocycles. The predicted molar refractivity (Wildman–Crippen MR) is 114 cm³/mol. The molecular formula is C23H19NO3S. The molecule has 0 atom stereocenters. The van der Waals surface area contributed by atoms with Gasteiger partial charge in [-0.2, -0.15) is 8.42 Å².